The smallest absolute Gasteiger partial charge is 0.253 e. The van der Waals surface area contributed by atoms with Crippen LogP contribution in [-0.4, -0.2) is 29.9 Å². The van der Waals surface area contributed by atoms with E-state index in [0.717, 1.165) is 11.3 Å². The summed E-state index contributed by atoms with van der Waals surface area (Å²) in [6, 6.07) is 14.2. The Morgan fingerprint density at radius 3 is 2.46 bits per heavy atom. The van der Waals surface area contributed by atoms with E-state index < -0.39 is 6.04 Å². The van der Waals surface area contributed by atoms with Gasteiger partial charge in [0.15, 0.2) is 0 Å². The molecule has 2 aromatic carbocycles. The molecule has 6 heteroatoms. The van der Waals surface area contributed by atoms with Crippen molar-refractivity contribution >= 4 is 35.2 Å². The van der Waals surface area contributed by atoms with Crippen molar-refractivity contribution in [3.05, 3.63) is 70.2 Å². The van der Waals surface area contributed by atoms with Crippen molar-refractivity contribution in [2.24, 2.45) is 0 Å². The lowest BCUT2D eigenvalue weighted by Crippen LogP contribution is -2.47. The molecule has 2 rings (SSSR count). The van der Waals surface area contributed by atoms with Crippen molar-refractivity contribution in [1.29, 1.82) is 0 Å². The molecule has 0 fully saturated rings. The van der Waals surface area contributed by atoms with Crippen LogP contribution in [0.5, 0.6) is 0 Å². The number of aryl methyl sites for hydroxylation is 1. The summed E-state index contributed by atoms with van der Waals surface area (Å²) in [5.41, 5.74) is 2.56. The molecule has 2 N–H and O–H groups in total. The van der Waals surface area contributed by atoms with Crippen LogP contribution in [-0.2, 0) is 11.3 Å². The van der Waals surface area contributed by atoms with Gasteiger partial charge in [-0.15, -0.1) is 0 Å². The average molecular weight is 391 g/mol. The normalized spacial score (nSPS) is 11.7. The highest BCUT2D eigenvalue weighted by atomic mass is 35.5. The molecule has 0 heterocycles. The fourth-order valence-corrected chi connectivity index (χ4v) is 3.10. The number of carbonyl (C=O) groups excluding carboxylic acids is 2. The SMILES string of the molecule is CSCCC(NC(=O)c1ccccc1Cl)C(=O)NCc1ccc(C)cc1. The van der Waals surface area contributed by atoms with E-state index >= 15 is 0 Å². The zero-order valence-electron chi connectivity index (χ0n) is 14.9. The van der Waals surface area contributed by atoms with Gasteiger partial charge in [-0.25, -0.2) is 0 Å². The summed E-state index contributed by atoms with van der Waals surface area (Å²) in [5, 5.41) is 6.08. The van der Waals surface area contributed by atoms with Crippen LogP contribution in [0.15, 0.2) is 48.5 Å². The second-order valence-corrected chi connectivity index (χ2v) is 7.38. The second kappa shape index (κ2) is 10.2. The molecule has 4 nitrogen and oxygen atoms in total. The maximum Gasteiger partial charge on any atom is 0.253 e. The Balaban J connectivity index is 2.00. The minimum atomic E-state index is -0.600. The van der Waals surface area contributed by atoms with Crippen LogP contribution in [0.3, 0.4) is 0 Å². The molecule has 0 aliphatic heterocycles. The highest BCUT2D eigenvalue weighted by Crippen LogP contribution is 2.15. The lowest BCUT2D eigenvalue weighted by Gasteiger charge is -2.18. The molecular weight excluding hydrogens is 368 g/mol. The summed E-state index contributed by atoms with van der Waals surface area (Å²) in [4.78, 5) is 25.0. The first-order valence-electron chi connectivity index (χ1n) is 8.39. The van der Waals surface area contributed by atoms with Crippen molar-refractivity contribution in [1.82, 2.24) is 10.6 Å². The van der Waals surface area contributed by atoms with E-state index in [1.165, 1.54) is 5.56 Å². The molecule has 1 atom stereocenters. The zero-order valence-corrected chi connectivity index (χ0v) is 16.5. The molecule has 138 valence electrons. The standard InChI is InChI=1S/C20H23ClN2O2S/c1-14-7-9-15(10-8-14)13-22-20(25)18(11-12-26-2)23-19(24)16-5-3-4-6-17(16)21/h3-10,18H,11-13H2,1-2H3,(H,22,25)(H,23,24). The summed E-state index contributed by atoms with van der Waals surface area (Å²) in [5.74, 6) is 0.234. The topological polar surface area (TPSA) is 58.2 Å². The molecule has 0 aliphatic carbocycles. The van der Waals surface area contributed by atoms with E-state index in [1.54, 1.807) is 36.0 Å². The predicted octanol–water partition coefficient (Wildman–Crippen LogP) is 3.82. The van der Waals surface area contributed by atoms with Gasteiger partial charge in [-0.3, -0.25) is 9.59 Å². The summed E-state index contributed by atoms with van der Waals surface area (Å²) < 4.78 is 0. The largest absolute Gasteiger partial charge is 0.350 e. The molecular formula is C20H23ClN2O2S. The first-order valence-corrected chi connectivity index (χ1v) is 10.2. The number of hydrogen-bond donors (Lipinski definition) is 2. The van der Waals surface area contributed by atoms with Gasteiger partial charge in [0.25, 0.3) is 5.91 Å². The number of halogens is 1. The Morgan fingerprint density at radius 1 is 1.12 bits per heavy atom. The van der Waals surface area contributed by atoms with Crippen molar-refractivity contribution < 1.29 is 9.59 Å². The van der Waals surface area contributed by atoms with E-state index in [-0.39, 0.29) is 11.8 Å². The third-order valence-corrected chi connectivity index (χ3v) is 4.91. The highest BCUT2D eigenvalue weighted by Gasteiger charge is 2.21. The minimum Gasteiger partial charge on any atom is -0.350 e. The molecule has 0 saturated carbocycles. The van der Waals surface area contributed by atoms with Gasteiger partial charge in [-0.1, -0.05) is 53.6 Å². The Labute approximate surface area is 163 Å². The van der Waals surface area contributed by atoms with Crippen LogP contribution in [0.1, 0.15) is 27.9 Å². The van der Waals surface area contributed by atoms with Gasteiger partial charge < -0.3 is 10.6 Å². The van der Waals surface area contributed by atoms with Crippen molar-refractivity contribution in [3.63, 3.8) is 0 Å². The fraction of sp³-hybridized carbons (Fsp3) is 0.300. The highest BCUT2D eigenvalue weighted by molar-refractivity contribution is 7.98. The number of benzene rings is 2. The minimum absolute atomic E-state index is 0.194. The number of thioether (sulfide) groups is 1. The number of amides is 2. The summed E-state index contributed by atoms with van der Waals surface area (Å²) in [6.07, 6.45) is 2.52. The van der Waals surface area contributed by atoms with Crippen molar-refractivity contribution in [2.45, 2.75) is 25.9 Å². The summed E-state index contributed by atoms with van der Waals surface area (Å²) in [7, 11) is 0. The van der Waals surface area contributed by atoms with Crippen LogP contribution in [0.2, 0.25) is 5.02 Å². The molecule has 1 unspecified atom stereocenters. The number of nitrogens with one attached hydrogen (secondary N) is 2. The van der Waals surface area contributed by atoms with E-state index in [9.17, 15) is 9.59 Å². The monoisotopic (exact) mass is 390 g/mol. The van der Waals surface area contributed by atoms with Crippen LogP contribution in [0, 0.1) is 6.92 Å². The van der Waals surface area contributed by atoms with Crippen LogP contribution >= 0.6 is 23.4 Å². The maximum absolute atomic E-state index is 12.6. The van der Waals surface area contributed by atoms with Gasteiger partial charge in [-0.2, -0.15) is 11.8 Å². The van der Waals surface area contributed by atoms with E-state index in [1.807, 2.05) is 37.4 Å². The van der Waals surface area contributed by atoms with Gasteiger partial charge in [0.2, 0.25) is 5.91 Å². The fourth-order valence-electron chi connectivity index (χ4n) is 2.40. The first kappa shape index (κ1) is 20.3. The third kappa shape index (κ3) is 6.07. The van der Waals surface area contributed by atoms with E-state index in [0.29, 0.717) is 23.6 Å². The molecule has 0 aliphatic rings. The van der Waals surface area contributed by atoms with Gasteiger partial charge in [0, 0.05) is 6.54 Å². The molecule has 0 radical (unpaired) electrons. The number of hydrogen-bond acceptors (Lipinski definition) is 3. The Bertz CT molecular complexity index is 750. The van der Waals surface area contributed by atoms with Gasteiger partial charge in [0.05, 0.1) is 10.6 Å². The van der Waals surface area contributed by atoms with Crippen LogP contribution in [0.25, 0.3) is 0 Å². The van der Waals surface area contributed by atoms with Gasteiger partial charge in [-0.05, 0) is 43.0 Å². The predicted molar refractivity (Wildman–Crippen MR) is 109 cm³/mol. The maximum atomic E-state index is 12.6. The molecule has 0 spiro atoms. The molecule has 0 saturated heterocycles. The summed E-state index contributed by atoms with van der Waals surface area (Å²) >= 11 is 7.71. The second-order valence-electron chi connectivity index (χ2n) is 5.99. The molecule has 2 amide bonds. The van der Waals surface area contributed by atoms with E-state index in [2.05, 4.69) is 10.6 Å². The third-order valence-electron chi connectivity index (χ3n) is 3.94. The van der Waals surface area contributed by atoms with Crippen LogP contribution in [0.4, 0.5) is 0 Å². The zero-order chi connectivity index (χ0) is 18.9. The lowest BCUT2D eigenvalue weighted by molar-refractivity contribution is -0.123. The van der Waals surface area contributed by atoms with Crippen molar-refractivity contribution in [3.8, 4) is 0 Å². The van der Waals surface area contributed by atoms with Gasteiger partial charge in [0.1, 0.15) is 6.04 Å². The molecule has 0 bridgehead atoms. The quantitative estimate of drug-likeness (QED) is 0.720. The van der Waals surface area contributed by atoms with E-state index in [4.69, 9.17) is 11.6 Å². The number of rotatable bonds is 8. The summed E-state index contributed by atoms with van der Waals surface area (Å²) in [6.45, 7) is 2.45. The van der Waals surface area contributed by atoms with Gasteiger partial charge >= 0.3 is 0 Å². The number of carbonyl (C=O) groups is 2. The van der Waals surface area contributed by atoms with Crippen molar-refractivity contribution in [2.75, 3.05) is 12.0 Å². The average Bonchev–Trinajstić information content (AvgIpc) is 2.64. The first-order chi connectivity index (χ1) is 12.5. The molecule has 0 aromatic heterocycles. The Kier molecular flexibility index (Phi) is 8.01. The molecule has 2 aromatic rings. The Morgan fingerprint density at radius 2 is 1.81 bits per heavy atom. The molecule has 26 heavy (non-hydrogen) atoms. The lowest BCUT2D eigenvalue weighted by atomic mass is 10.1. The Hall–Kier alpha value is -1.98. The van der Waals surface area contributed by atoms with Crippen LogP contribution < -0.4 is 10.6 Å².